The Kier molecular flexibility index (Phi) is 12.9. The Morgan fingerprint density at radius 3 is 2.60 bits per heavy atom. The first kappa shape index (κ1) is 29.9. The second kappa shape index (κ2) is 15.1. The molecule has 15 heteroatoms. The molecule has 2 heterocycles. The predicted molar refractivity (Wildman–Crippen MR) is 130 cm³/mol. The first-order valence-corrected chi connectivity index (χ1v) is 13.0. The van der Waals surface area contributed by atoms with Gasteiger partial charge in [-0.15, -0.1) is 0 Å². The third-order valence-electron chi connectivity index (χ3n) is 5.35. The minimum absolute atomic E-state index is 0.0115. The molecule has 2 rings (SSSR count). The van der Waals surface area contributed by atoms with E-state index in [0.717, 1.165) is 0 Å². The maximum Gasteiger partial charge on any atom is 0.306 e. The molecule has 1 N–H and O–H groups in total. The van der Waals surface area contributed by atoms with Crippen molar-refractivity contribution in [3.8, 4) is 6.07 Å². The van der Waals surface area contributed by atoms with E-state index in [9.17, 15) is 9.59 Å². The normalized spacial score (nSPS) is 29.7. The highest BCUT2D eigenvalue weighted by Crippen LogP contribution is 2.52. The molecule has 189 valence electrons. The fourth-order valence-corrected chi connectivity index (χ4v) is 5.18. The van der Waals surface area contributed by atoms with Crippen LogP contribution in [0.25, 0.3) is 0 Å². The summed E-state index contributed by atoms with van der Waals surface area (Å²) >= 11 is 0. The lowest BCUT2D eigenvalue weighted by Crippen LogP contribution is -2.32. The first-order valence-electron chi connectivity index (χ1n) is 11.3. The standard InChI is InChI=1S/C20H31B3N2O9P/c1-25-19(26)5-6-20(27)33-13-9-17(21)31-16(13)12-30-35(3,29-8-4-7-24)34-14-10-18(23-22)32-15(14)11-28-2/h13-18H,3-6,8-12H2,1-2H3,(H,25,26)/t13?,14?,15-,16-,17-,18-,35?/m1/s1. The first-order chi connectivity index (χ1) is 16.7. The number of rotatable bonds is 15. The molecular weight excluding hydrogens is 476 g/mol. The molecule has 2 aliphatic heterocycles. The largest absolute Gasteiger partial charge is 0.459 e. The van der Waals surface area contributed by atoms with E-state index in [1.165, 1.54) is 14.2 Å². The quantitative estimate of drug-likeness (QED) is 0.137. The number of carbonyl (C=O) groups is 2. The lowest BCUT2D eigenvalue weighted by atomic mass is 9.51. The van der Waals surface area contributed by atoms with Crippen molar-refractivity contribution in [2.75, 3.05) is 34.0 Å². The van der Waals surface area contributed by atoms with Crippen molar-refractivity contribution in [3.05, 3.63) is 0 Å². The fourth-order valence-electron chi connectivity index (χ4n) is 3.60. The molecule has 0 saturated carbocycles. The van der Waals surface area contributed by atoms with Crippen LogP contribution in [0.1, 0.15) is 32.1 Å². The molecule has 0 aromatic heterocycles. The van der Waals surface area contributed by atoms with Gasteiger partial charge in [-0.3, -0.25) is 9.59 Å². The fraction of sp³-hybridized carbons (Fsp3) is 0.800. The molecule has 5 radical (unpaired) electrons. The lowest BCUT2D eigenvalue weighted by Gasteiger charge is -2.30. The molecule has 7 atom stereocenters. The van der Waals surface area contributed by atoms with Crippen LogP contribution in [0.2, 0.25) is 0 Å². The third-order valence-corrected chi connectivity index (χ3v) is 7.06. The predicted octanol–water partition coefficient (Wildman–Crippen LogP) is -0.216. The number of esters is 1. The number of nitrogens with one attached hydrogen (secondary N) is 1. The van der Waals surface area contributed by atoms with E-state index in [1.807, 2.05) is 6.07 Å². The van der Waals surface area contributed by atoms with Gasteiger partial charge in [-0.1, -0.05) is 0 Å². The van der Waals surface area contributed by atoms with Gasteiger partial charge in [-0.05, 0) is 12.7 Å². The van der Waals surface area contributed by atoms with E-state index in [0.29, 0.717) is 6.42 Å². The van der Waals surface area contributed by atoms with Crippen LogP contribution in [-0.4, -0.2) is 111 Å². The number of hydrogen-bond donors (Lipinski definition) is 1. The zero-order valence-electron chi connectivity index (χ0n) is 20.1. The number of amides is 1. The number of ether oxygens (including phenoxy) is 4. The summed E-state index contributed by atoms with van der Waals surface area (Å²) < 4.78 is 40.0. The summed E-state index contributed by atoms with van der Waals surface area (Å²) in [5.74, 6) is -0.815. The van der Waals surface area contributed by atoms with Gasteiger partial charge >= 0.3 is 5.97 Å². The second-order valence-electron chi connectivity index (χ2n) is 8.04. The van der Waals surface area contributed by atoms with Crippen molar-refractivity contribution in [3.63, 3.8) is 0 Å². The van der Waals surface area contributed by atoms with E-state index < -0.39 is 44.0 Å². The lowest BCUT2D eigenvalue weighted by molar-refractivity contribution is -0.153. The number of nitrogens with zero attached hydrogens (tertiary/aromatic N) is 1. The van der Waals surface area contributed by atoms with Gasteiger partial charge in [-0.2, -0.15) is 5.26 Å². The van der Waals surface area contributed by atoms with Crippen LogP contribution in [-0.2, 0) is 42.1 Å². The summed E-state index contributed by atoms with van der Waals surface area (Å²) in [7, 11) is 12.8. The molecule has 35 heavy (non-hydrogen) atoms. The molecule has 0 spiro atoms. The minimum Gasteiger partial charge on any atom is -0.459 e. The van der Waals surface area contributed by atoms with Crippen molar-refractivity contribution in [2.24, 2.45) is 0 Å². The van der Waals surface area contributed by atoms with Crippen molar-refractivity contribution in [1.29, 1.82) is 5.26 Å². The molecule has 11 nitrogen and oxygen atoms in total. The average molecular weight is 507 g/mol. The number of carbonyl (C=O) groups excluding carboxylic acids is 2. The zero-order valence-corrected chi connectivity index (χ0v) is 21.0. The minimum atomic E-state index is -3.21. The molecule has 2 saturated heterocycles. The Bertz CT molecular complexity index is 787. The molecule has 0 aromatic rings. The molecular formula is C20H31B3N2O9P. The summed E-state index contributed by atoms with van der Waals surface area (Å²) in [4.78, 5) is 23.5. The summed E-state index contributed by atoms with van der Waals surface area (Å²) in [6, 6.07) is 1.01. The van der Waals surface area contributed by atoms with E-state index in [1.54, 1.807) is 7.11 Å². The summed E-state index contributed by atoms with van der Waals surface area (Å²) in [6.45, 7) is 0.230. The molecule has 3 unspecified atom stereocenters. The summed E-state index contributed by atoms with van der Waals surface area (Å²) in [5.41, 5.74) is 0. The highest BCUT2D eigenvalue weighted by Gasteiger charge is 2.40. The van der Waals surface area contributed by atoms with E-state index in [2.05, 4.69) is 11.6 Å². The van der Waals surface area contributed by atoms with Gasteiger partial charge in [0.25, 0.3) is 7.57 Å². The maximum absolute atomic E-state index is 12.2. The summed E-state index contributed by atoms with van der Waals surface area (Å²) in [5, 5.41) is 11.3. The van der Waals surface area contributed by atoms with Crippen LogP contribution >= 0.6 is 7.57 Å². The van der Waals surface area contributed by atoms with Gasteiger partial charge in [0.15, 0.2) is 0 Å². The molecule has 2 fully saturated rings. The van der Waals surface area contributed by atoms with Crippen molar-refractivity contribution >= 4 is 48.5 Å². The van der Waals surface area contributed by atoms with Gasteiger partial charge in [0, 0.05) is 46.7 Å². The Hall–Kier alpha value is -1.32. The monoisotopic (exact) mass is 507 g/mol. The van der Waals surface area contributed by atoms with Gasteiger partial charge in [0.05, 0.1) is 52.0 Å². The van der Waals surface area contributed by atoms with Crippen molar-refractivity contribution in [1.82, 2.24) is 5.32 Å². The number of hydrogen-bond acceptors (Lipinski definition) is 10. The SMILES string of the molecule is [B][B][C@H]1CC(OP(=C)(OCCC#N)OC[C@H]2O[C@@H]([B])CC2OC(=O)CCC(=O)NC)[C@@H](COC)O1. The second-order valence-corrected chi connectivity index (χ2v) is 9.99. The molecule has 0 aromatic carbocycles. The van der Waals surface area contributed by atoms with Gasteiger partial charge in [0.2, 0.25) is 5.91 Å². The van der Waals surface area contributed by atoms with Gasteiger partial charge in [0.1, 0.15) is 26.2 Å². The van der Waals surface area contributed by atoms with Crippen LogP contribution in [0.15, 0.2) is 0 Å². The van der Waals surface area contributed by atoms with Crippen LogP contribution in [0.4, 0.5) is 0 Å². The molecule has 0 aliphatic carbocycles. The highest BCUT2D eigenvalue weighted by molar-refractivity contribution is 7.59. The number of methoxy groups -OCH3 is 1. The van der Waals surface area contributed by atoms with Crippen molar-refractivity contribution < 1.29 is 42.1 Å². The molecule has 1 amide bonds. The Morgan fingerprint density at radius 2 is 1.94 bits per heavy atom. The maximum atomic E-state index is 12.2. The number of nitriles is 1. The van der Waals surface area contributed by atoms with Gasteiger partial charge < -0.3 is 37.8 Å². The van der Waals surface area contributed by atoms with Crippen LogP contribution in [0.5, 0.6) is 0 Å². The van der Waals surface area contributed by atoms with Crippen LogP contribution < -0.4 is 5.32 Å². The smallest absolute Gasteiger partial charge is 0.306 e. The molecule has 2 aliphatic rings. The van der Waals surface area contributed by atoms with Crippen LogP contribution in [0, 0.1) is 11.3 Å². The Morgan fingerprint density at radius 1 is 1.20 bits per heavy atom. The Balaban J connectivity index is 2.01. The molecule has 0 bridgehead atoms. The van der Waals surface area contributed by atoms with Crippen LogP contribution in [0.3, 0.4) is 0 Å². The Labute approximate surface area is 210 Å². The third kappa shape index (κ3) is 9.92. The zero-order chi connectivity index (χ0) is 25.8. The summed E-state index contributed by atoms with van der Waals surface area (Å²) in [6.07, 6.45) is 2.53. The van der Waals surface area contributed by atoms with E-state index in [4.69, 9.17) is 53.4 Å². The topological polar surface area (TPSA) is 135 Å². The average Bonchev–Trinajstić information content (AvgIpc) is 3.38. The van der Waals surface area contributed by atoms with Gasteiger partial charge in [-0.25, -0.2) is 0 Å². The van der Waals surface area contributed by atoms with E-state index >= 15 is 0 Å². The van der Waals surface area contributed by atoms with Crippen molar-refractivity contribution in [2.45, 2.75) is 68.5 Å². The highest BCUT2D eigenvalue weighted by atomic mass is 31.2. The van der Waals surface area contributed by atoms with E-state index in [-0.39, 0.29) is 57.4 Å².